The Morgan fingerprint density at radius 3 is 2.84 bits per heavy atom. The number of ether oxygens (including phenoxy) is 1. The SMILES string of the molecule is Cn1nc(-c2ccc(C3CCOC3)c(Br)c2)cc1N. The van der Waals surface area contributed by atoms with Crippen LogP contribution in [0.2, 0.25) is 0 Å². The van der Waals surface area contributed by atoms with Gasteiger partial charge in [-0.05, 0) is 18.1 Å². The van der Waals surface area contributed by atoms with Crippen LogP contribution in [-0.4, -0.2) is 23.0 Å². The van der Waals surface area contributed by atoms with Crippen molar-refractivity contribution in [1.29, 1.82) is 0 Å². The lowest BCUT2D eigenvalue weighted by Gasteiger charge is -2.11. The summed E-state index contributed by atoms with van der Waals surface area (Å²) in [4.78, 5) is 0. The molecule has 0 spiro atoms. The maximum Gasteiger partial charge on any atom is 0.121 e. The minimum absolute atomic E-state index is 0.497. The first-order chi connectivity index (χ1) is 9.15. The van der Waals surface area contributed by atoms with Crippen LogP contribution in [-0.2, 0) is 11.8 Å². The van der Waals surface area contributed by atoms with E-state index in [1.165, 1.54) is 5.56 Å². The van der Waals surface area contributed by atoms with Gasteiger partial charge in [0, 0.05) is 35.7 Å². The normalized spacial score (nSPS) is 18.9. The number of anilines is 1. The maximum atomic E-state index is 5.82. The minimum Gasteiger partial charge on any atom is -0.384 e. The van der Waals surface area contributed by atoms with E-state index in [2.05, 4.69) is 39.2 Å². The predicted molar refractivity (Wildman–Crippen MR) is 78.9 cm³/mol. The summed E-state index contributed by atoms with van der Waals surface area (Å²) in [7, 11) is 1.85. The van der Waals surface area contributed by atoms with Gasteiger partial charge in [-0.15, -0.1) is 0 Å². The number of rotatable bonds is 2. The number of nitrogen functional groups attached to an aromatic ring is 1. The van der Waals surface area contributed by atoms with Crippen molar-refractivity contribution in [2.45, 2.75) is 12.3 Å². The average molecular weight is 322 g/mol. The second-order valence-electron chi connectivity index (χ2n) is 4.87. The average Bonchev–Trinajstić information content (AvgIpc) is 3.00. The van der Waals surface area contributed by atoms with Crippen LogP contribution in [0.25, 0.3) is 11.3 Å². The lowest BCUT2D eigenvalue weighted by Crippen LogP contribution is -1.99. The van der Waals surface area contributed by atoms with Crippen molar-refractivity contribution in [2.24, 2.45) is 7.05 Å². The molecule has 0 saturated carbocycles. The molecule has 0 aliphatic carbocycles. The van der Waals surface area contributed by atoms with Crippen molar-refractivity contribution < 1.29 is 4.74 Å². The highest BCUT2D eigenvalue weighted by molar-refractivity contribution is 9.10. The van der Waals surface area contributed by atoms with E-state index in [-0.39, 0.29) is 0 Å². The third-order valence-corrected chi connectivity index (χ3v) is 4.27. The highest BCUT2D eigenvalue weighted by atomic mass is 79.9. The molecule has 4 nitrogen and oxygen atoms in total. The lowest BCUT2D eigenvalue weighted by molar-refractivity contribution is 0.194. The summed E-state index contributed by atoms with van der Waals surface area (Å²) < 4.78 is 8.25. The molecule has 3 rings (SSSR count). The summed E-state index contributed by atoms with van der Waals surface area (Å²) in [6.45, 7) is 1.67. The molecule has 19 heavy (non-hydrogen) atoms. The second kappa shape index (κ2) is 4.98. The van der Waals surface area contributed by atoms with Crippen molar-refractivity contribution in [3.05, 3.63) is 34.3 Å². The number of hydrogen-bond donors (Lipinski definition) is 1. The molecule has 1 aromatic carbocycles. The van der Waals surface area contributed by atoms with Crippen molar-refractivity contribution in [3.63, 3.8) is 0 Å². The number of aromatic nitrogens is 2. The fourth-order valence-corrected chi connectivity index (χ4v) is 3.12. The van der Waals surface area contributed by atoms with Crippen LogP contribution in [0.5, 0.6) is 0 Å². The first kappa shape index (κ1) is 12.7. The van der Waals surface area contributed by atoms with Gasteiger partial charge in [0.05, 0.1) is 12.3 Å². The van der Waals surface area contributed by atoms with Crippen LogP contribution in [0, 0.1) is 0 Å². The van der Waals surface area contributed by atoms with Gasteiger partial charge in [0.25, 0.3) is 0 Å². The molecule has 0 bridgehead atoms. The van der Waals surface area contributed by atoms with Gasteiger partial charge in [-0.25, -0.2) is 0 Å². The van der Waals surface area contributed by atoms with Crippen LogP contribution >= 0.6 is 15.9 Å². The molecule has 2 aromatic rings. The zero-order valence-electron chi connectivity index (χ0n) is 10.8. The third kappa shape index (κ3) is 2.40. The first-order valence-corrected chi connectivity index (χ1v) is 7.11. The Bertz CT molecular complexity index is 583. The van der Waals surface area contributed by atoms with Gasteiger partial charge in [-0.2, -0.15) is 5.10 Å². The van der Waals surface area contributed by atoms with Crippen molar-refractivity contribution in [1.82, 2.24) is 9.78 Å². The Morgan fingerprint density at radius 2 is 2.26 bits per heavy atom. The van der Waals surface area contributed by atoms with Crippen LogP contribution in [0.4, 0.5) is 5.82 Å². The van der Waals surface area contributed by atoms with Crippen LogP contribution in [0.1, 0.15) is 17.9 Å². The fraction of sp³-hybridized carbons (Fsp3) is 0.357. The minimum atomic E-state index is 0.497. The number of hydrogen-bond acceptors (Lipinski definition) is 3. The topological polar surface area (TPSA) is 53.1 Å². The van der Waals surface area contributed by atoms with Crippen molar-refractivity contribution >= 4 is 21.7 Å². The summed E-state index contributed by atoms with van der Waals surface area (Å²) >= 11 is 3.66. The standard InChI is InChI=1S/C14H16BrN3O/c1-18-14(16)7-13(17-18)9-2-3-11(12(15)6-9)10-4-5-19-8-10/h2-3,6-7,10H,4-5,8,16H2,1H3. The zero-order chi connectivity index (χ0) is 13.4. The fourth-order valence-electron chi connectivity index (χ4n) is 2.42. The summed E-state index contributed by atoms with van der Waals surface area (Å²) in [5, 5.41) is 4.39. The molecule has 1 unspecified atom stereocenters. The molecule has 1 atom stereocenters. The highest BCUT2D eigenvalue weighted by Gasteiger charge is 2.20. The van der Waals surface area contributed by atoms with Crippen molar-refractivity contribution in [3.8, 4) is 11.3 Å². The number of aryl methyl sites for hydroxylation is 1. The molecule has 2 N–H and O–H groups in total. The summed E-state index contributed by atoms with van der Waals surface area (Å²) in [6.07, 6.45) is 1.09. The molecule has 2 heterocycles. The largest absolute Gasteiger partial charge is 0.384 e. The number of nitrogens with two attached hydrogens (primary N) is 1. The molecule has 1 fully saturated rings. The van der Waals surface area contributed by atoms with E-state index in [1.54, 1.807) is 4.68 Å². The van der Waals surface area contributed by atoms with E-state index in [0.29, 0.717) is 11.7 Å². The number of nitrogens with zero attached hydrogens (tertiary/aromatic N) is 2. The zero-order valence-corrected chi connectivity index (χ0v) is 12.4. The maximum absolute atomic E-state index is 5.82. The van der Waals surface area contributed by atoms with E-state index in [4.69, 9.17) is 10.5 Å². The van der Waals surface area contributed by atoms with Gasteiger partial charge in [0.15, 0.2) is 0 Å². The van der Waals surface area contributed by atoms with E-state index in [9.17, 15) is 0 Å². The Labute approximate surface area is 120 Å². The Hall–Kier alpha value is -1.33. The van der Waals surface area contributed by atoms with Gasteiger partial charge >= 0.3 is 0 Å². The molecule has 5 heteroatoms. The smallest absolute Gasteiger partial charge is 0.121 e. The van der Waals surface area contributed by atoms with Crippen LogP contribution in [0.3, 0.4) is 0 Å². The highest BCUT2D eigenvalue weighted by Crippen LogP contribution is 2.34. The van der Waals surface area contributed by atoms with Gasteiger partial charge in [-0.3, -0.25) is 4.68 Å². The molecular formula is C14H16BrN3O. The quantitative estimate of drug-likeness (QED) is 0.925. The molecule has 1 saturated heterocycles. The van der Waals surface area contributed by atoms with Gasteiger partial charge in [0.1, 0.15) is 5.82 Å². The van der Waals surface area contributed by atoms with Gasteiger partial charge in [0.2, 0.25) is 0 Å². The molecule has 0 amide bonds. The molecule has 1 aromatic heterocycles. The van der Waals surface area contributed by atoms with Gasteiger partial charge < -0.3 is 10.5 Å². The molecule has 100 valence electrons. The Kier molecular flexibility index (Phi) is 3.33. The number of halogens is 1. The monoisotopic (exact) mass is 321 g/mol. The van der Waals surface area contributed by atoms with Crippen molar-refractivity contribution in [2.75, 3.05) is 18.9 Å². The molecule has 1 aliphatic rings. The second-order valence-corrected chi connectivity index (χ2v) is 5.73. The molecular weight excluding hydrogens is 306 g/mol. The Morgan fingerprint density at radius 1 is 1.42 bits per heavy atom. The van der Waals surface area contributed by atoms with E-state index >= 15 is 0 Å². The first-order valence-electron chi connectivity index (χ1n) is 6.32. The predicted octanol–water partition coefficient (Wildman–Crippen LogP) is 2.94. The summed E-state index contributed by atoms with van der Waals surface area (Å²) in [5.41, 5.74) is 9.10. The van der Waals surface area contributed by atoms with E-state index in [0.717, 1.165) is 35.4 Å². The molecule has 1 aliphatic heterocycles. The molecule has 0 radical (unpaired) electrons. The van der Waals surface area contributed by atoms with Crippen LogP contribution < -0.4 is 5.73 Å². The number of benzene rings is 1. The Balaban J connectivity index is 1.94. The third-order valence-electron chi connectivity index (χ3n) is 3.58. The van der Waals surface area contributed by atoms with E-state index in [1.807, 2.05) is 13.1 Å². The summed E-state index contributed by atoms with van der Waals surface area (Å²) in [6, 6.07) is 8.25. The van der Waals surface area contributed by atoms with E-state index < -0.39 is 0 Å². The van der Waals surface area contributed by atoms with Crippen LogP contribution in [0.15, 0.2) is 28.7 Å². The lowest BCUT2D eigenvalue weighted by atomic mass is 9.97. The van der Waals surface area contributed by atoms with Gasteiger partial charge in [-0.1, -0.05) is 28.1 Å². The summed E-state index contributed by atoms with van der Waals surface area (Å²) in [5.74, 6) is 1.16.